The van der Waals surface area contributed by atoms with E-state index < -0.39 is 12.0 Å². The lowest BCUT2D eigenvalue weighted by molar-refractivity contribution is -0.136. The van der Waals surface area contributed by atoms with Crippen LogP contribution in [0.1, 0.15) is 18.5 Å². The number of allylic oxidation sites excluding steroid dienone is 1. The predicted molar refractivity (Wildman–Crippen MR) is 76.6 cm³/mol. The van der Waals surface area contributed by atoms with Crippen molar-refractivity contribution in [3.8, 4) is 11.5 Å². The maximum atomic E-state index is 12.0. The minimum atomic E-state index is -0.600. The van der Waals surface area contributed by atoms with E-state index in [1.165, 1.54) is 7.11 Å². The van der Waals surface area contributed by atoms with Crippen LogP contribution in [0.3, 0.4) is 0 Å². The Morgan fingerprint density at radius 2 is 2.00 bits per heavy atom. The molecule has 0 aliphatic carbocycles. The maximum Gasteiger partial charge on any atom is 0.337 e. The second-order valence-electron chi connectivity index (χ2n) is 4.96. The third-order valence-corrected chi connectivity index (χ3v) is 3.57. The van der Waals surface area contributed by atoms with E-state index in [1.807, 2.05) is 0 Å². The fourth-order valence-electron chi connectivity index (χ4n) is 2.56. The molecule has 0 unspecified atom stereocenters. The van der Waals surface area contributed by atoms with Crippen LogP contribution in [-0.4, -0.2) is 32.3 Å². The van der Waals surface area contributed by atoms with Crippen molar-refractivity contribution in [1.29, 1.82) is 0 Å². The van der Waals surface area contributed by atoms with Crippen LogP contribution in [-0.2, 0) is 9.53 Å². The standard InChI is InChI=1S/C15H16N2O5/c1-8-12(14(18)20-2)13(17-15(19)16-8)9-3-4-10-11(7-9)22-6-5-21-10/h3-4,7,13H,5-6H2,1-2H3,(H2,16,17,19)/t13-/m0/s1. The summed E-state index contributed by atoms with van der Waals surface area (Å²) < 4.78 is 15.8. The van der Waals surface area contributed by atoms with E-state index in [0.29, 0.717) is 36.0 Å². The van der Waals surface area contributed by atoms with Gasteiger partial charge in [0.25, 0.3) is 0 Å². The van der Waals surface area contributed by atoms with Gasteiger partial charge in [0.2, 0.25) is 0 Å². The van der Waals surface area contributed by atoms with Gasteiger partial charge in [0.15, 0.2) is 11.5 Å². The summed E-state index contributed by atoms with van der Waals surface area (Å²) in [6, 6.07) is 4.35. The zero-order chi connectivity index (χ0) is 15.7. The third kappa shape index (κ3) is 2.45. The smallest absolute Gasteiger partial charge is 0.337 e. The zero-order valence-electron chi connectivity index (χ0n) is 12.3. The Kier molecular flexibility index (Phi) is 3.62. The molecule has 2 amide bonds. The minimum absolute atomic E-state index is 0.360. The highest BCUT2D eigenvalue weighted by atomic mass is 16.6. The Hall–Kier alpha value is -2.70. The van der Waals surface area contributed by atoms with E-state index in [-0.39, 0.29) is 6.03 Å². The fraction of sp³-hybridized carbons (Fsp3) is 0.333. The lowest BCUT2D eigenvalue weighted by atomic mass is 9.95. The number of fused-ring (bicyclic) bond motifs is 1. The molecule has 0 saturated heterocycles. The van der Waals surface area contributed by atoms with Gasteiger partial charge in [-0.05, 0) is 24.6 Å². The molecule has 3 rings (SSSR count). The summed E-state index contributed by atoms with van der Waals surface area (Å²) in [5.74, 6) is 0.749. The first kappa shape index (κ1) is 14.2. The number of hydrogen-bond donors (Lipinski definition) is 2. The molecular weight excluding hydrogens is 288 g/mol. The second kappa shape index (κ2) is 5.59. The topological polar surface area (TPSA) is 85.9 Å². The molecule has 7 nitrogen and oxygen atoms in total. The molecule has 22 heavy (non-hydrogen) atoms. The molecule has 0 saturated carbocycles. The normalized spacial score (nSPS) is 20.1. The van der Waals surface area contributed by atoms with Crippen LogP contribution in [0.5, 0.6) is 11.5 Å². The molecule has 1 aromatic rings. The molecule has 116 valence electrons. The van der Waals surface area contributed by atoms with E-state index in [2.05, 4.69) is 10.6 Å². The van der Waals surface area contributed by atoms with Gasteiger partial charge in [-0.15, -0.1) is 0 Å². The first-order chi connectivity index (χ1) is 10.6. The lowest BCUT2D eigenvalue weighted by Crippen LogP contribution is -2.45. The number of rotatable bonds is 2. The molecule has 2 aliphatic rings. The van der Waals surface area contributed by atoms with Crippen molar-refractivity contribution in [2.75, 3.05) is 20.3 Å². The van der Waals surface area contributed by atoms with Crippen molar-refractivity contribution in [3.05, 3.63) is 35.0 Å². The molecule has 0 spiro atoms. The van der Waals surface area contributed by atoms with Crippen LogP contribution in [0.4, 0.5) is 4.79 Å². The highest BCUT2D eigenvalue weighted by molar-refractivity contribution is 5.94. The molecule has 0 radical (unpaired) electrons. The maximum absolute atomic E-state index is 12.0. The van der Waals surface area contributed by atoms with Gasteiger partial charge in [-0.3, -0.25) is 0 Å². The summed E-state index contributed by atoms with van der Waals surface area (Å²) in [7, 11) is 1.31. The molecule has 2 aliphatic heterocycles. The van der Waals surface area contributed by atoms with Gasteiger partial charge in [-0.2, -0.15) is 0 Å². The van der Waals surface area contributed by atoms with Crippen molar-refractivity contribution >= 4 is 12.0 Å². The van der Waals surface area contributed by atoms with Crippen LogP contribution in [0.2, 0.25) is 0 Å². The summed E-state index contributed by atoms with van der Waals surface area (Å²) in [6.07, 6.45) is 0. The summed E-state index contributed by atoms with van der Waals surface area (Å²) >= 11 is 0. The zero-order valence-corrected chi connectivity index (χ0v) is 12.3. The van der Waals surface area contributed by atoms with Crippen molar-refractivity contribution in [1.82, 2.24) is 10.6 Å². The van der Waals surface area contributed by atoms with Crippen LogP contribution < -0.4 is 20.1 Å². The Morgan fingerprint density at radius 1 is 1.27 bits per heavy atom. The number of amides is 2. The van der Waals surface area contributed by atoms with Gasteiger partial charge in [-0.25, -0.2) is 9.59 Å². The van der Waals surface area contributed by atoms with E-state index in [9.17, 15) is 9.59 Å². The molecule has 7 heteroatoms. The molecule has 0 aromatic heterocycles. The molecule has 0 fully saturated rings. The molecular formula is C15H16N2O5. The fourth-order valence-corrected chi connectivity index (χ4v) is 2.56. The van der Waals surface area contributed by atoms with Gasteiger partial charge in [0.05, 0.1) is 18.7 Å². The summed E-state index contributed by atoms with van der Waals surface area (Å²) in [6.45, 7) is 2.63. The number of methoxy groups -OCH3 is 1. The monoisotopic (exact) mass is 304 g/mol. The first-order valence-electron chi connectivity index (χ1n) is 6.86. The number of carbonyl (C=O) groups excluding carboxylic acids is 2. The SMILES string of the molecule is COC(=O)C1=C(C)NC(=O)N[C@H]1c1ccc2c(c1)OCCO2. The number of benzene rings is 1. The molecule has 1 aromatic carbocycles. The lowest BCUT2D eigenvalue weighted by Gasteiger charge is -2.28. The van der Waals surface area contributed by atoms with Crippen molar-refractivity contribution in [3.63, 3.8) is 0 Å². The number of esters is 1. The number of urea groups is 1. The number of nitrogens with one attached hydrogen (secondary N) is 2. The summed E-state index contributed by atoms with van der Waals surface area (Å²) in [5, 5.41) is 5.31. The highest BCUT2D eigenvalue weighted by Gasteiger charge is 2.32. The van der Waals surface area contributed by atoms with E-state index in [4.69, 9.17) is 14.2 Å². The average molecular weight is 304 g/mol. The molecule has 0 bridgehead atoms. The molecule has 1 atom stereocenters. The molecule has 2 heterocycles. The van der Waals surface area contributed by atoms with Crippen molar-refractivity contribution < 1.29 is 23.8 Å². The van der Waals surface area contributed by atoms with E-state index >= 15 is 0 Å². The van der Waals surface area contributed by atoms with Gasteiger partial charge in [0, 0.05) is 5.70 Å². The summed E-state index contributed by atoms with van der Waals surface area (Å²) in [5.41, 5.74) is 1.55. The Bertz CT molecular complexity index is 668. The van der Waals surface area contributed by atoms with Crippen LogP contribution in [0.25, 0.3) is 0 Å². The quantitative estimate of drug-likeness (QED) is 0.803. The van der Waals surface area contributed by atoms with Gasteiger partial charge < -0.3 is 24.8 Å². The number of carbonyl (C=O) groups is 2. The third-order valence-electron chi connectivity index (χ3n) is 3.57. The Balaban J connectivity index is 2.02. The van der Waals surface area contributed by atoms with Crippen LogP contribution >= 0.6 is 0 Å². The predicted octanol–water partition coefficient (Wildman–Crippen LogP) is 1.26. The second-order valence-corrected chi connectivity index (χ2v) is 4.96. The van der Waals surface area contributed by atoms with Gasteiger partial charge >= 0.3 is 12.0 Å². The van der Waals surface area contributed by atoms with E-state index in [0.717, 1.165) is 5.56 Å². The minimum Gasteiger partial charge on any atom is -0.486 e. The largest absolute Gasteiger partial charge is 0.486 e. The highest BCUT2D eigenvalue weighted by Crippen LogP contribution is 2.35. The number of hydrogen-bond acceptors (Lipinski definition) is 5. The van der Waals surface area contributed by atoms with Crippen molar-refractivity contribution in [2.45, 2.75) is 13.0 Å². The van der Waals surface area contributed by atoms with Crippen LogP contribution in [0.15, 0.2) is 29.5 Å². The molecule has 2 N–H and O–H groups in total. The number of ether oxygens (including phenoxy) is 3. The van der Waals surface area contributed by atoms with E-state index in [1.54, 1.807) is 25.1 Å². The first-order valence-corrected chi connectivity index (χ1v) is 6.86. The van der Waals surface area contributed by atoms with Crippen LogP contribution in [0, 0.1) is 0 Å². The Labute approximate surface area is 127 Å². The van der Waals surface area contributed by atoms with Gasteiger partial charge in [0.1, 0.15) is 13.2 Å². The average Bonchev–Trinajstić information content (AvgIpc) is 2.53. The van der Waals surface area contributed by atoms with Gasteiger partial charge in [-0.1, -0.05) is 6.07 Å². The van der Waals surface area contributed by atoms with Crippen molar-refractivity contribution in [2.24, 2.45) is 0 Å². The summed E-state index contributed by atoms with van der Waals surface area (Å²) in [4.78, 5) is 23.8. The Morgan fingerprint density at radius 3 is 2.73 bits per heavy atom.